The lowest BCUT2D eigenvalue weighted by Gasteiger charge is -2.09. The Morgan fingerprint density at radius 2 is 1.80 bits per heavy atom. The van der Waals surface area contributed by atoms with Crippen molar-refractivity contribution in [3.63, 3.8) is 0 Å². The Morgan fingerprint density at radius 3 is 2.40 bits per heavy atom. The van der Waals surface area contributed by atoms with Gasteiger partial charge in [0.1, 0.15) is 23.2 Å². The van der Waals surface area contributed by atoms with Gasteiger partial charge in [0, 0.05) is 11.8 Å². The number of ether oxygens (including phenoxy) is 1. The standard InChI is InChI=1S/C12H13F2N5O/c1-7-16-10(6-11(17-7)19-15)18-8-2-4-9(5-3-8)20-12(13)14/h2-6,12H,15H2,1H3,(H2,16,17,18,19). The second-order valence-electron chi connectivity index (χ2n) is 3.86. The molecule has 8 heteroatoms. The number of alkyl halides is 2. The zero-order valence-electron chi connectivity index (χ0n) is 10.6. The Balaban J connectivity index is 2.11. The third-order valence-electron chi connectivity index (χ3n) is 2.34. The normalized spacial score (nSPS) is 10.4. The number of nitrogen functional groups attached to an aromatic ring is 1. The van der Waals surface area contributed by atoms with E-state index in [9.17, 15) is 8.78 Å². The minimum absolute atomic E-state index is 0.0914. The SMILES string of the molecule is Cc1nc(NN)cc(Nc2ccc(OC(F)F)cc2)n1. The molecule has 1 aromatic heterocycles. The number of anilines is 3. The lowest BCUT2D eigenvalue weighted by atomic mass is 10.3. The fraction of sp³-hybridized carbons (Fsp3) is 0.167. The van der Waals surface area contributed by atoms with Crippen LogP contribution in [0, 0.1) is 6.92 Å². The van der Waals surface area contributed by atoms with Gasteiger partial charge in [-0.05, 0) is 31.2 Å². The Bertz CT molecular complexity index is 577. The lowest BCUT2D eigenvalue weighted by Crippen LogP contribution is -2.10. The number of nitrogens with one attached hydrogen (secondary N) is 2. The van der Waals surface area contributed by atoms with Gasteiger partial charge in [0.15, 0.2) is 0 Å². The highest BCUT2D eigenvalue weighted by molar-refractivity contribution is 5.59. The van der Waals surface area contributed by atoms with E-state index in [1.165, 1.54) is 12.1 Å². The van der Waals surface area contributed by atoms with E-state index in [0.717, 1.165) is 0 Å². The summed E-state index contributed by atoms with van der Waals surface area (Å²) in [5.74, 6) is 6.93. The van der Waals surface area contributed by atoms with Crippen molar-refractivity contribution in [3.05, 3.63) is 36.2 Å². The van der Waals surface area contributed by atoms with Crippen molar-refractivity contribution < 1.29 is 13.5 Å². The number of aromatic nitrogens is 2. The number of nitrogens with two attached hydrogens (primary N) is 1. The summed E-state index contributed by atoms with van der Waals surface area (Å²) in [5, 5.41) is 3.01. The summed E-state index contributed by atoms with van der Waals surface area (Å²) < 4.78 is 28.3. The maximum absolute atomic E-state index is 12.0. The molecule has 6 nitrogen and oxygen atoms in total. The first-order valence-corrected chi connectivity index (χ1v) is 5.71. The third kappa shape index (κ3) is 3.75. The summed E-state index contributed by atoms with van der Waals surface area (Å²) in [6, 6.07) is 7.70. The molecule has 20 heavy (non-hydrogen) atoms. The third-order valence-corrected chi connectivity index (χ3v) is 2.34. The van der Waals surface area contributed by atoms with Gasteiger partial charge >= 0.3 is 6.61 Å². The smallest absolute Gasteiger partial charge is 0.387 e. The van der Waals surface area contributed by atoms with Gasteiger partial charge in [-0.1, -0.05) is 0 Å². The first kappa shape index (κ1) is 13.9. The second kappa shape index (κ2) is 6.11. The van der Waals surface area contributed by atoms with Crippen LogP contribution in [0.2, 0.25) is 0 Å². The van der Waals surface area contributed by atoms with Crippen molar-refractivity contribution in [1.29, 1.82) is 0 Å². The molecule has 0 spiro atoms. The highest BCUT2D eigenvalue weighted by atomic mass is 19.3. The molecular weight excluding hydrogens is 268 g/mol. The first-order chi connectivity index (χ1) is 9.56. The zero-order chi connectivity index (χ0) is 14.5. The average Bonchev–Trinajstić information content (AvgIpc) is 2.39. The first-order valence-electron chi connectivity index (χ1n) is 5.71. The number of rotatable bonds is 5. The molecule has 0 aliphatic rings. The van der Waals surface area contributed by atoms with Crippen LogP contribution in [0.5, 0.6) is 5.75 Å². The number of hydrogen-bond acceptors (Lipinski definition) is 6. The fourth-order valence-corrected chi connectivity index (χ4v) is 1.57. The van der Waals surface area contributed by atoms with Crippen LogP contribution in [0.4, 0.5) is 26.1 Å². The van der Waals surface area contributed by atoms with Crippen LogP contribution >= 0.6 is 0 Å². The highest BCUT2D eigenvalue weighted by Gasteiger charge is 2.05. The maximum atomic E-state index is 12.0. The molecule has 0 atom stereocenters. The molecule has 0 aliphatic carbocycles. The van der Waals surface area contributed by atoms with E-state index in [4.69, 9.17) is 5.84 Å². The Kier molecular flexibility index (Phi) is 4.26. The van der Waals surface area contributed by atoms with Crippen molar-refractivity contribution in [2.45, 2.75) is 13.5 Å². The summed E-state index contributed by atoms with van der Waals surface area (Å²) in [6.07, 6.45) is 0. The van der Waals surface area contributed by atoms with Gasteiger partial charge in [0.05, 0.1) is 0 Å². The van der Waals surface area contributed by atoms with Crippen LogP contribution in [-0.2, 0) is 0 Å². The molecular formula is C12H13F2N5O. The van der Waals surface area contributed by atoms with Gasteiger partial charge in [0.2, 0.25) is 0 Å². The quantitative estimate of drug-likeness (QED) is 0.576. The number of halogens is 2. The number of hydrogen-bond donors (Lipinski definition) is 3. The highest BCUT2D eigenvalue weighted by Crippen LogP contribution is 2.21. The van der Waals surface area contributed by atoms with Crippen LogP contribution in [0.1, 0.15) is 5.82 Å². The average molecular weight is 281 g/mol. The van der Waals surface area contributed by atoms with Gasteiger partial charge < -0.3 is 15.5 Å². The molecule has 0 saturated heterocycles. The topological polar surface area (TPSA) is 85.1 Å². The van der Waals surface area contributed by atoms with Crippen LogP contribution in [-0.4, -0.2) is 16.6 Å². The van der Waals surface area contributed by atoms with Crippen LogP contribution in [0.25, 0.3) is 0 Å². The second-order valence-corrected chi connectivity index (χ2v) is 3.86. The van der Waals surface area contributed by atoms with E-state index in [2.05, 4.69) is 25.4 Å². The van der Waals surface area contributed by atoms with Crippen LogP contribution < -0.4 is 21.3 Å². The van der Waals surface area contributed by atoms with Gasteiger partial charge in [-0.3, -0.25) is 0 Å². The molecule has 2 aromatic rings. The Hall–Kier alpha value is -2.48. The number of hydrazine groups is 1. The summed E-state index contributed by atoms with van der Waals surface area (Å²) in [5.41, 5.74) is 3.10. The maximum Gasteiger partial charge on any atom is 0.387 e. The summed E-state index contributed by atoms with van der Waals surface area (Å²) in [4.78, 5) is 8.23. The van der Waals surface area contributed by atoms with Crippen molar-refractivity contribution in [2.24, 2.45) is 5.84 Å². The van der Waals surface area contributed by atoms with Gasteiger partial charge in [-0.15, -0.1) is 0 Å². The molecule has 0 fully saturated rings. The summed E-state index contributed by atoms with van der Waals surface area (Å²) in [6.45, 7) is -1.11. The monoisotopic (exact) mass is 281 g/mol. The van der Waals surface area contributed by atoms with Crippen molar-refractivity contribution in [1.82, 2.24) is 9.97 Å². The molecule has 4 N–H and O–H groups in total. The molecule has 1 heterocycles. The molecule has 2 rings (SSSR count). The minimum atomic E-state index is -2.84. The zero-order valence-corrected chi connectivity index (χ0v) is 10.6. The Labute approximate surface area is 114 Å². The van der Waals surface area contributed by atoms with Crippen molar-refractivity contribution in [2.75, 3.05) is 10.7 Å². The van der Waals surface area contributed by atoms with E-state index in [0.29, 0.717) is 23.1 Å². The summed E-state index contributed by atoms with van der Waals surface area (Å²) in [7, 11) is 0. The predicted molar refractivity (Wildman–Crippen MR) is 70.9 cm³/mol. The van der Waals surface area contributed by atoms with Crippen molar-refractivity contribution >= 4 is 17.3 Å². The number of aryl methyl sites for hydroxylation is 1. The van der Waals surface area contributed by atoms with Crippen molar-refractivity contribution in [3.8, 4) is 5.75 Å². The molecule has 0 unspecified atom stereocenters. The molecule has 106 valence electrons. The van der Waals surface area contributed by atoms with E-state index >= 15 is 0 Å². The summed E-state index contributed by atoms with van der Waals surface area (Å²) >= 11 is 0. The van der Waals surface area contributed by atoms with Gasteiger partial charge in [-0.25, -0.2) is 15.8 Å². The predicted octanol–water partition coefficient (Wildman–Crippen LogP) is 2.42. The largest absolute Gasteiger partial charge is 0.435 e. The van der Waals surface area contributed by atoms with Gasteiger partial charge in [-0.2, -0.15) is 8.78 Å². The number of benzene rings is 1. The molecule has 1 aromatic carbocycles. The van der Waals surface area contributed by atoms with E-state index in [1.54, 1.807) is 25.1 Å². The molecule has 0 radical (unpaired) electrons. The lowest BCUT2D eigenvalue weighted by molar-refractivity contribution is -0.0498. The van der Waals surface area contributed by atoms with E-state index < -0.39 is 6.61 Å². The molecule has 0 amide bonds. The van der Waals surface area contributed by atoms with E-state index in [-0.39, 0.29) is 5.75 Å². The van der Waals surface area contributed by atoms with Crippen LogP contribution in [0.15, 0.2) is 30.3 Å². The fourth-order valence-electron chi connectivity index (χ4n) is 1.57. The molecule has 0 saturated carbocycles. The number of nitrogens with zero attached hydrogens (tertiary/aromatic N) is 2. The van der Waals surface area contributed by atoms with E-state index in [1.807, 2.05) is 0 Å². The minimum Gasteiger partial charge on any atom is -0.435 e. The van der Waals surface area contributed by atoms with Gasteiger partial charge in [0.25, 0.3) is 0 Å². The molecule has 0 aliphatic heterocycles. The van der Waals surface area contributed by atoms with Crippen LogP contribution in [0.3, 0.4) is 0 Å². The molecule has 0 bridgehead atoms. The Morgan fingerprint density at radius 1 is 1.15 bits per heavy atom.